The fourth-order valence-corrected chi connectivity index (χ4v) is 2.57. The number of methoxy groups -OCH3 is 1. The zero-order valence-corrected chi connectivity index (χ0v) is 15.7. The maximum Gasteiger partial charge on any atom is 0.241 e. The van der Waals surface area contributed by atoms with Gasteiger partial charge in [0.25, 0.3) is 0 Å². The van der Waals surface area contributed by atoms with Crippen molar-refractivity contribution in [3.63, 3.8) is 0 Å². The monoisotopic (exact) mass is 386 g/mol. The first-order valence-electron chi connectivity index (χ1n) is 8.24. The molecule has 0 unspecified atom stereocenters. The number of benzene rings is 2. The number of likely N-dealkylation sites (N-methyl/N-ethyl adjacent to an activating group) is 1. The number of hydrogen-bond acceptors (Lipinski definition) is 6. The van der Waals surface area contributed by atoms with E-state index in [-0.39, 0.29) is 12.5 Å². The quantitative estimate of drug-likeness (QED) is 0.669. The van der Waals surface area contributed by atoms with Gasteiger partial charge in [0.1, 0.15) is 5.75 Å². The average molecular weight is 387 g/mol. The molecule has 1 aromatic heterocycles. The van der Waals surface area contributed by atoms with Crippen LogP contribution in [0.25, 0.3) is 11.4 Å². The van der Waals surface area contributed by atoms with Crippen molar-refractivity contribution in [1.29, 1.82) is 0 Å². The lowest BCUT2D eigenvalue weighted by atomic mass is 10.2. The van der Waals surface area contributed by atoms with Gasteiger partial charge in [-0.25, -0.2) is 0 Å². The number of amides is 1. The summed E-state index contributed by atoms with van der Waals surface area (Å²) < 4.78 is 10.4. The highest BCUT2D eigenvalue weighted by Crippen LogP contribution is 2.19. The Labute approximate surface area is 161 Å². The van der Waals surface area contributed by atoms with E-state index in [1.54, 1.807) is 55.5 Å². The number of carbonyl (C=O) groups is 1. The normalized spacial score (nSPS) is 10.8. The minimum Gasteiger partial charge on any atom is -0.497 e. The first-order chi connectivity index (χ1) is 13.0. The van der Waals surface area contributed by atoms with E-state index in [0.717, 1.165) is 11.3 Å². The van der Waals surface area contributed by atoms with Gasteiger partial charge in [0.05, 0.1) is 20.2 Å². The van der Waals surface area contributed by atoms with Gasteiger partial charge in [-0.15, -0.1) is 0 Å². The van der Waals surface area contributed by atoms with E-state index in [0.29, 0.717) is 29.0 Å². The molecule has 0 aliphatic rings. The molecule has 0 bridgehead atoms. The Kier molecular flexibility index (Phi) is 6.05. The van der Waals surface area contributed by atoms with Crippen molar-refractivity contribution in [3.05, 3.63) is 59.4 Å². The van der Waals surface area contributed by atoms with Crippen molar-refractivity contribution in [1.82, 2.24) is 15.0 Å². The smallest absolute Gasteiger partial charge is 0.241 e. The van der Waals surface area contributed by atoms with Crippen molar-refractivity contribution in [2.45, 2.75) is 6.54 Å². The maximum atomic E-state index is 12.2. The summed E-state index contributed by atoms with van der Waals surface area (Å²) in [4.78, 5) is 18.3. The summed E-state index contributed by atoms with van der Waals surface area (Å²) in [6, 6.07) is 14.3. The van der Waals surface area contributed by atoms with Crippen molar-refractivity contribution >= 4 is 23.2 Å². The van der Waals surface area contributed by atoms with E-state index in [9.17, 15) is 4.79 Å². The van der Waals surface area contributed by atoms with Gasteiger partial charge in [-0.3, -0.25) is 9.69 Å². The third-order valence-corrected chi connectivity index (χ3v) is 4.01. The number of nitrogens with zero attached hydrogens (tertiary/aromatic N) is 3. The molecule has 7 nitrogen and oxygen atoms in total. The second kappa shape index (κ2) is 8.66. The highest BCUT2D eigenvalue weighted by atomic mass is 35.5. The molecule has 0 atom stereocenters. The summed E-state index contributed by atoms with van der Waals surface area (Å²) in [6.45, 7) is 0.543. The molecule has 0 spiro atoms. The molecule has 0 saturated carbocycles. The van der Waals surface area contributed by atoms with Crippen LogP contribution in [0.15, 0.2) is 53.1 Å². The van der Waals surface area contributed by atoms with Crippen molar-refractivity contribution in [2.75, 3.05) is 26.0 Å². The first-order valence-corrected chi connectivity index (χ1v) is 8.62. The molecular weight excluding hydrogens is 368 g/mol. The molecule has 2 aromatic carbocycles. The standard InChI is InChI=1S/C19H19ClN4O3/c1-24(11-17(25)21-15-7-9-16(26-2)10-8-15)12-18-22-19(23-27-18)13-3-5-14(20)6-4-13/h3-10H,11-12H2,1-2H3,(H,21,25). The molecule has 8 heteroatoms. The number of aromatic nitrogens is 2. The van der Waals surface area contributed by atoms with Crippen LogP contribution >= 0.6 is 11.6 Å². The number of ether oxygens (including phenoxy) is 1. The van der Waals surface area contributed by atoms with E-state index in [1.165, 1.54) is 0 Å². The Morgan fingerprint density at radius 1 is 1.19 bits per heavy atom. The lowest BCUT2D eigenvalue weighted by Gasteiger charge is -2.14. The van der Waals surface area contributed by atoms with Crippen LogP contribution in [-0.4, -0.2) is 41.6 Å². The minimum atomic E-state index is -0.139. The number of halogens is 1. The van der Waals surface area contributed by atoms with E-state index in [4.69, 9.17) is 20.9 Å². The third kappa shape index (κ3) is 5.29. The molecule has 1 N–H and O–H groups in total. The van der Waals surface area contributed by atoms with Crippen LogP contribution in [0.1, 0.15) is 5.89 Å². The molecule has 0 aliphatic carbocycles. The van der Waals surface area contributed by atoms with Gasteiger partial charge in [-0.2, -0.15) is 4.98 Å². The summed E-state index contributed by atoms with van der Waals surface area (Å²) in [6.07, 6.45) is 0. The highest BCUT2D eigenvalue weighted by molar-refractivity contribution is 6.30. The van der Waals surface area contributed by atoms with Crippen LogP contribution in [0.3, 0.4) is 0 Å². The molecule has 140 valence electrons. The van der Waals surface area contributed by atoms with Crippen molar-refractivity contribution in [2.24, 2.45) is 0 Å². The van der Waals surface area contributed by atoms with Gasteiger partial charge in [0, 0.05) is 16.3 Å². The Morgan fingerprint density at radius 2 is 1.89 bits per heavy atom. The van der Waals surface area contributed by atoms with Crippen LogP contribution in [0.2, 0.25) is 5.02 Å². The van der Waals surface area contributed by atoms with Gasteiger partial charge in [0.2, 0.25) is 17.6 Å². The largest absolute Gasteiger partial charge is 0.497 e. The minimum absolute atomic E-state index is 0.139. The van der Waals surface area contributed by atoms with Crippen LogP contribution in [0, 0.1) is 0 Å². The third-order valence-electron chi connectivity index (χ3n) is 3.76. The number of rotatable bonds is 7. The molecule has 0 saturated heterocycles. The number of anilines is 1. The Morgan fingerprint density at radius 3 is 2.56 bits per heavy atom. The number of carbonyl (C=O) groups excluding carboxylic acids is 1. The molecule has 0 fully saturated rings. The maximum absolute atomic E-state index is 12.2. The van der Waals surface area contributed by atoms with Crippen molar-refractivity contribution in [3.8, 4) is 17.1 Å². The predicted octanol–water partition coefficient (Wildman–Crippen LogP) is 3.47. The molecule has 3 rings (SSSR count). The summed E-state index contributed by atoms with van der Waals surface area (Å²) in [7, 11) is 3.40. The summed E-state index contributed by atoms with van der Waals surface area (Å²) >= 11 is 5.88. The zero-order chi connectivity index (χ0) is 19.2. The van der Waals surface area contributed by atoms with Gasteiger partial charge in [-0.05, 0) is 55.6 Å². The fourth-order valence-electron chi connectivity index (χ4n) is 2.44. The second-order valence-electron chi connectivity index (χ2n) is 5.97. The number of hydrogen-bond donors (Lipinski definition) is 1. The molecular formula is C19H19ClN4O3. The lowest BCUT2D eigenvalue weighted by molar-refractivity contribution is -0.117. The molecule has 1 amide bonds. The van der Waals surface area contributed by atoms with Crippen LogP contribution in [-0.2, 0) is 11.3 Å². The average Bonchev–Trinajstić information content (AvgIpc) is 3.11. The molecule has 0 aliphatic heterocycles. The van der Waals surface area contributed by atoms with Gasteiger partial charge < -0.3 is 14.6 Å². The SMILES string of the molecule is COc1ccc(NC(=O)CN(C)Cc2nc(-c3ccc(Cl)cc3)no2)cc1. The zero-order valence-electron chi connectivity index (χ0n) is 15.0. The molecule has 3 aromatic rings. The molecule has 1 heterocycles. The molecule has 0 radical (unpaired) electrons. The van der Waals surface area contributed by atoms with Gasteiger partial charge >= 0.3 is 0 Å². The van der Waals surface area contributed by atoms with E-state index >= 15 is 0 Å². The van der Waals surface area contributed by atoms with Crippen LogP contribution in [0.5, 0.6) is 5.75 Å². The Hall–Kier alpha value is -2.90. The van der Waals surface area contributed by atoms with E-state index in [2.05, 4.69) is 15.5 Å². The fraction of sp³-hybridized carbons (Fsp3) is 0.211. The van der Waals surface area contributed by atoms with E-state index < -0.39 is 0 Å². The summed E-state index contributed by atoms with van der Waals surface area (Å²) in [5.74, 6) is 1.51. The summed E-state index contributed by atoms with van der Waals surface area (Å²) in [5, 5.41) is 7.44. The first kappa shape index (κ1) is 18.9. The van der Waals surface area contributed by atoms with Crippen LogP contribution < -0.4 is 10.1 Å². The lowest BCUT2D eigenvalue weighted by Crippen LogP contribution is -2.29. The summed E-state index contributed by atoms with van der Waals surface area (Å²) in [5.41, 5.74) is 1.52. The highest BCUT2D eigenvalue weighted by Gasteiger charge is 2.13. The van der Waals surface area contributed by atoms with Crippen molar-refractivity contribution < 1.29 is 14.1 Å². The number of nitrogens with one attached hydrogen (secondary N) is 1. The van der Waals surface area contributed by atoms with Gasteiger partial charge in [-0.1, -0.05) is 16.8 Å². The topological polar surface area (TPSA) is 80.5 Å². The predicted molar refractivity (Wildman–Crippen MR) is 103 cm³/mol. The molecule has 27 heavy (non-hydrogen) atoms. The van der Waals surface area contributed by atoms with E-state index in [1.807, 2.05) is 12.1 Å². The Balaban J connectivity index is 1.53. The van der Waals surface area contributed by atoms with Gasteiger partial charge in [0.15, 0.2) is 0 Å². The van der Waals surface area contributed by atoms with Crippen LogP contribution in [0.4, 0.5) is 5.69 Å². The Bertz CT molecular complexity index is 894. The second-order valence-corrected chi connectivity index (χ2v) is 6.40.